The van der Waals surface area contributed by atoms with Gasteiger partial charge in [-0.25, -0.2) is 4.98 Å². The zero-order valence-electron chi connectivity index (χ0n) is 11.6. The number of aromatic nitrogens is 1. The number of likely N-dealkylation sites (N-methyl/N-ethyl adjacent to an activating group) is 1. The van der Waals surface area contributed by atoms with Crippen LogP contribution in [0.2, 0.25) is 0 Å². The normalized spacial score (nSPS) is 18.3. The Morgan fingerprint density at radius 3 is 2.68 bits per heavy atom. The molecule has 1 aliphatic rings. The number of carbonyl (C=O) groups is 1. The number of hydrogen-bond donors (Lipinski definition) is 0. The van der Waals surface area contributed by atoms with Gasteiger partial charge in [-0.1, -0.05) is 24.8 Å². The maximum Gasteiger partial charge on any atom is 0.235 e. The van der Waals surface area contributed by atoms with Crippen LogP contribution in [0.3, 0.4) is 0 Å². The molecule has 0 aromatic carbocycles. The third-order valence-electron chi connectivity index (χ3n) is 3.41. The van der Waals surface area contributed by atoms with Crippen molar-refractivity contribution in [1.82, 2.24) is 14.8 Å². The fourth-order valence-corrected chi connectivity index (χ4v) is 3.08. The van der Waals surface area contributed by atoms with Crippen molar-refractivity contribution in [2.75, 3.05) is 32.7 Å². The molecule has 0 saturated carbocycles. The number of carbonyl (C=O) groups excluding carboxylic acids is 1. The molecule has 0 bridgehead atoms. The molecule has 19 heavy (non-hydrogen) atoms. The Kier molecular flexibility index (Phi) is 5.22. The SMILES string of the molecule is CCN1CCN(C(=O)C(C)Sc2ccccn2)CC1. The third kappa shape index (κ3) is 3.94. The molecular formula is C14H21N3OS. The van der Waals surface area contributed by atoms with E-state index in [-0.39, 0.29) is 11.2 Å². The fraction of sp³-hybridized carbons (Fsp3) is 0.571. The molecule has 1 aromatic rings. The number of piperazine rings is 1. The van der Waals surface area contributed by atoms with E-state index in [2.05, 4.69) is 16.8 Å². The van der Waals surface area contributed by atoms with Crippen molar-refractivity contribution in [3.63, 3.8) is 0 Å². The highest BCUT2D eigenvalue weighted by molar-refractivity contribution is 8.00. The highest BCUT2D eigenvalue weighted by Gasteiger charge is 2.25. The second-order valence-corrected chi connectivity index (χ2v) is 6.05. The molecule has 0 radical (unpaired) electrons. The topological polar surface area (TPSA) is 36.4 Å². The molecule has 0 N–H and O–H groups in total. The highest BCUT2D eigenvalue weighted by Crippen LogP contribution is 2.22. The molecule has 2 heterocycles. The van der Waals surface area contributed by atoms with E-state index in [1.54, 1.807) is 6.20 Å². The van der Waals surface area contributed by atoms with Gasteiger partial charge in [0.1, 0.15) is 0 Å². The summed E-state index contributed by atoms with van der Waals surface area (Å²) in [5, 5.41) is 0.846. The maximum absolute atomic E-state index is 12.4. The van der Waals surface area contributed by atoms with Crippen molar-refractivity contribution < 1.29 is 4.79 Å². The van der Waals surface area contributed by atoms with Gasteiger partial charge >= 0.3 is 0 Å². The zero-order valence-corrected chi connectivity index (χ0v) is 12.4. The average Bonchev–Trinajstić information content (AvgIpc) is 2.47. The quantitative estimate of drug-likeness (QED) is 0.787. The van der Waals surface area contributed by atoms with Gasteiger partial charge in [0.05, 0.1) is 10.3 Å². The van der Waals surface area contributed by atoms with Crippen LogP contribution in [0.15, 0.2) is 29.4 Å². The Hall–Kier alpha value is -1.07. The summed E-state index contributed by atoms with van der Waals surface area (Å²) in [4.78, 5) is 21.0. The minimum Gasteiger partial charge on any atom is -0.339 e. The number of thioether (sulfide) groups is 1. The van der Waals surface area contributed by atoms with E-state index in [9.17, 15) is 4.79 Å². The Morgan fingerprint density at radius 1 is 1.37 bits per heavy atom. The molecule has 104 valence electrons. The number of hydrogen-bond acceptors (Lipinski definition) is 4. The van der Waals surface area contributed by atoms with Crippen molar-refractivity contribution >= 4 is 17.7 Å². The summed E-state index contributed by atoms with van der Waals surface area (Å²) in [6.07, 6.45) is 1.76. The largest absolute Gasteiger partial charge is 0.339 e. The van der Waals surface area contributed by atoms with E-state index in [1.165, 1.54) is 11.8 Å². The van der Waals surface area contributed by atoms with Gasteiger partial charge in [-0.15, -0.1) is 0 Å². The highest BCUT2D eigenvalue weighted by atomic mass is 32.2. The van der Waals surface area contributed by atoms with Gasteiger partial charge < -0.3 is 9.80 Å². The third-order valence-corrected chi connectivity index (χ3v) is 4.45. The monoisotopic (exact) mass is 279 g/mol. The van der Waals surface area contributed by atoms with Crippen LogP contribution >= 0.6 is 11.8 Å². The summed E-state index contributed by atoms with van der Waals surface area (Å²) >= 11 is 1.54. The van der Waals surface area contributed by atoms with Crippen LogP contribution in [0.25, 0.3) is 0 Å². The van der Waals surface area contributed by atoms with Gasteiger partial charge in [-0.3, -0.25) is 4.79 Å². The average molecular weight is 279 g/mol. The van der Waals surface area contributed by atoms with Gasteiger partial charge in [-0.05, 0) is 25.6 Å². The Labute approximate surface area is 119 Å². The molecule has 0 spiro atoms. The first-order chi connectivity index (χ1) is 9.20. The van der Waals surface area contributed by atoms with Crippen molar-refractivity contribution in [1.29, 1.82) is 0 Å². The first kappa shape index (κ1) is 14.3. The molecule has 5 heteroatoms. The molecule has 1 atom stereocenters. The van der Waals surface area contributed by atoms with Crippen LogP contribution in [-0.2, 0) is 4.79 Å². The predicted octanol–water partition coefficient (Wildman–Crippen LogP) is 1.73. The van der Waals surface area contributed by atoms with Crippen LogP contribution in [0.1, 0.15) is 13.8 Å². The standard InChI is InChI=1S/C14H21N3OS/c1-3-16-8-10-17(11-9-16)14(18)12(2)19-13-6-4-5-7-15-13/h4-7,12H,3,8-11H2,1-2H3. The van der Waals surface area contributed by atoms with Crippen LogP contribution in [0, 0.1) is 0 Å². The molecule has 1 fully saturated rings. The second kappa shape index (κ2) is 6.91. The second-order valence-electron chi connectivity index (χ2n) is 4.69. The summed E-state index contributed by atoms with van der Waals surface area (Å²) in [6, 6.07) is 5.79. The van der Waals surface area contributed by atoms with E-state index in [1.807, 2.05) is 30.0 Å². The lowest BCUT2D eigenvalue weighted by molar-refractivity contribution is -0.132. The van der Waals surface area contributed by atoms with Crippen LogP contribution < -0.4 is 0 Å². The number of nitrogens with zero attached hydrogens (tertiary/aromatic N) is 3. The lowest BCUT2D eigenvalue weighted by Gasteiger charge is -2.35. The summed E-state index contributed by atoms with van der Waals surface area (Å²) in [5.74, 6) is 0.228. The van der Waals surface area contributed by atoms with Gasteiger partial charge in [-0.2, -0.15) is 0 Å². The Bertz CT molecular complexity index is 404. The van der Waals surface area contributed by atoms with Crippen LogP contribution in [-0.4, -0.2) is 58.7 Å². The van der Waals surface area contributed by atoms with Gasteiger partial charge in [0.25, 0.3) is 0 Å². The predicted molar refractivity (Wildman–Crippen MR) is 78.3 cm³/mol. The molecule has 0 aliphatic carbocycles. The molecule has 4 nitrogen and oxygen atoms in total. The van der Waals surface area contributed by atoms with Crippen molar-refractivity contribution in [3.8, 4) is 0 Å². The molecule has 1 aromatic heterocycles. The van der Waals surface area contributed by atoms with E-state index in [4.69, 9.17) is 0 Å². The van der Waals surface area contributed by atoms with E-state index in [0.29, 0.717) is 0 Å². The molecule has 1 unspecified atom stereocenters. The number of rotatable bonds is 4. The summed E-state index contributed by atoms with van der Waals surface area (Å²) < 4.78 is 0. The lowest BCUT2D eigenvalue weighted by atomic mass is 10.3. The summed E-state index contributed by atoms with van der Waals surface area (Å²) in [5.41, 5.74) is 0. The maximum atomic E-state index is 12.4. The van der Waals surface area contributed by atoms with E-state index < -0.39 is 0 Å². The van der Waals surface area contributed by atoms with Gasteiger partial charge in [0.2, 0.25) is 5.91 Å². The molecule has 1 aliphatic heterocycles. The summed E-state index contributed by atoms with van der Waals surface area (Å²) in [7, 11) is 0. The number of amides is 1. The van der Waals surface area contributed by atoms with Crippen LogP contribution in [0.4, 0.5) is 0 Å². The first-order valence-electron chi connectivity index (χ1n) is 6.79. The number of pyridine rings is 1. The van der Waals surface area contributed by atoms with E-state index in [0.717, 1.165) is 37.7 Å². The Morgan fingerprint density at radius 2 is 2.11 bits per heavy atom. The first-order valence-corrected chi connectivity index (χ1v) is 7.67. The molecule has 1 saturated heterocycles. The van der Waals surface area contributed by atoms with Gasteiger partial charge in [0.15, 0.2) is 0 Å². The minimum absolute atomic E-state index is 0.0666. The molecular weight excluding hydrogens is 258 g/mol. The summed E-state index contributed by atoms with van der Waals surface area (Å²) in [6.45, 7) is 8.87. The Balaban J connectivity index is 1.86. The van der Waals surface area contributed by atoms with Crippen molar-refractivity contribution in [3.05, 3.63) is 24.4 Å². The zero-order chi connectivity index (χ0) is 13.7. The van der Waals surface area contributed by atoms with Crippen molar-refractivity contribution in [2.24, 2.45) is 0 Å². The van der Waals surface area contributed by atoms with Crippen LogP contribution in [0.5, 0.6) is 0 Å². The minimum atomic E-state index is -0.0666. The molecule has 1 amide bonds. The smallest absolute Gasteiger partial charge is 0.235 e. The van der Waals surface area contributed by atoms with Crippen molar-refractivity contribution in [2.45, 2.75) is 24.1 Å². The fourth-order valence-electron chi connectivity index (χ4n) is 2.19. The van der Waals surface area contributed by atoms with Gasteiger partial charge in [0, 0.05) is 32.4 Å². The van der Waals surface area contributed by atoms with E-state index >= 15 is 0 Å². The molecule has 2 rings (SSSR count). The lowest BCUT2D eigenvalue weighted by Crippen LogP contribution is -2.50.